The molecule has 0 amide bonds. The van der Waals surface area contributed by atoms with Crippen LogP contribution in [-0.2, 0) is 17.9 Å². The van der Waals surface area contributed by atoms with E-state index in [1.54, 1.807) is 19.5 Å². The molecule has 0 saturated carbocycles. The van der Waals surface area contributed by atoms with Gasteiger partial charge in [-0.05, 0) is 41.3 Å². The van der Waals surface area contributed by atoms with E-state index in [1.165, 1.54) is 0 Å². The Morgan fingerprint density at radius 3 is 2.48 bits per heavy atom. The fourth-order valence-corrected chi connectivity index (χ4v) is 2.42. The maximum absolute atomic E-state index is 11.2. The molecule has 0 bridgehead atoms. The molecule has 0 aliphatic rings. The summed E-state index contributed by atoms with van der Waals surface area (Å²) in [6, 6.07) is 8.78. The van der Waals surface area contributed by atoms with Crippen LogP contribution in [0.1, 0.15) is 25.0 Å². The number of carbonyl (C=O) groups is 1. The van der Waals surface area contributed by atoms with Crippen molar-refractivity contribution in [2.75, 3.05) is 7.11 Å². The third-order valence-corrected chi connectivity index (χ3v) is 3.83. The van der Waals surface area contributed by atoms with Gasteiger partial charge in [0, 0.05) is 18.9 Å². The maximum atomic E-state index is 11.2. The van der Waals surface area contributed by atoms with Crippen molar-refractivity contribution in [1.82, 2.24) is 10.3 Å². The Hall–Kier alpha value is -2.60. The van der Waals surface area contributed by atoms with E-state index in [0.29, 0.717) is 24.7 Å². The molecule has 0 unspecified atom stereocenters. The van der Waals surface area contributed by atoms with Crippen LogP contribution in [0.2, 0.25) is 0 Å². The Morgan fingerprint density at radius 1 is 1.16 bits per heavy atom. The molecule has 0 fully saturated rings. The highest BCUT2D eigenvalue weighted by molar-refractivity contribution is 5.73. The standard InChI is InChI=1S/C19H24N2O4/c1-13(2)18(19(22)23)21-11-15-4-5-16(17(10-15)24-3)25-12-14-6-8-20-9-7-14/h4-10,13,18,21H,11-12H2,1-3H3,(H,22,23)/t18-/m0/s1. The molecule has 1 atom stereocenters. The lowest BCUT2D eigenvalue weighted by Crippen LogP contribution is -2.40. The van der Waals surface area contributed by atoms with Gasteiger partial charge in [0.2, 0.25) is 0 Å². The van der Waals surface area contributed by atoms with E-state index < -0.39 is 12.0 Å². The fourth-order valence-electron chi connectivity index (χ4n) is 2.42. The van der Waals surface area contributed by atoms with E-state index in [1.807, 2.05) is 44.2 Å². The van der Waals surface area contributed by atoms with Gasteiger partial charge in [0.05, 0.1) is 7.11 Å². The van der Waals surface area contributed by atoms with Gasteiger partial charge in [0.15, 0.2) is 11.5 Å². The number of carboxylic acids is 1. The molecule has 134 valence electrons. The zero-order valence-electron chi connectivity index (χ0n) is 14.7. The minimum atomic E-state index is -0.848. The Balaban J connectivity index is 2.02. The quantitative estimate of drug-likeness (QED) is 0.728. The second kappa shape index (κ2) is 9.03. The molecular formula is C19H24N2O4. The molecule has 1 aromatic carbocycles. The van der Waals surface area contributed by atoms with E-state index >= 15 is 0 Å². The minimum Gasteiger partial charge on any atom is -0.493 e. The monoisotopic (exact) mass is 344 g/mol. The van der Waals surface area contributed by atoms with Crippen molar-refractivity contribution in [3.8, 4) is 11.5 Å². The number of benzene rings is 1. The Labute approximate surface area is 147 Å². The van der Waals surface area contributed by atoms with Crippen LogP contribution in [0, 0.1) is 5.92 Å². The molecule has 1 heterocycles. The normalized spacial score (nSPS) is 12.0. The molecule has 0 spiro atoms. The SMILES string of the molecule is COc1cc(CN[C@H](C(=O)O)C(C)C)ccc1OCc1ccncc1. The number of pyridine rings is 1. The van der Waals surface area contributed by atoms with Gasteiger partial charge in [-0.15, -0.1) is 0 Å². The van der Waals surface area contributed by atoms with Crippen molar-refractivity contribution in [2.45, 2.75) is 33.0 Å². The van der Waals surface area contributed by atoms with Crippen molar-refractivity contribution in [1.29, 1.82) is 0 Å². The number of rotatable bonds is 9. The second-order valence-corrected chi connectivity index (χ2v) is 6.07. The number of aliphatic carboxylic acids is 1. The van der Waals surface area contributed by atoms with Crippen LogP contribution in [0.5, 0.6) is 11.5 Å². The summed E-state index contributed by atoms with van der Waals surface area (Å²) >= 11 is 0. The number of nitrogens with zero attached hydrogens (tertiary/aromatic N) is 1. The summed E-state index contributed by atoms with van der Waals surface area (Å²) in [5, 5.41) is 12.3. The van der Waals surface area contributed by atoms with Gasteiger partial charge in [0.1, 0.15) is 12.6 Å². The summed E-state index contributed by atoms with van der Waals surface area (Å²) in [7, 11) is 1.58. The first-order valence-electron chi connectivity index (χ1n) is 8.16. The summed E-state index contributed by atoms with van der Waals surface area (Å²) in [6.07, 6.45) is 3.44. The first-order chi connectivity index (χ1) is 12.0. The molecule has 2 aromatic rings. The van der Waals surface area contributed by atoms with Crippen LogP contribution in [0.4, 0.5) is 0 Å². The molecule has 0 aliphatic carbocycles. The smallest absolute Gasteiger partial charge is 0.320 e. The highest BCUT2D eigenvalue weighted by Crippen LogP contribution is 2.29. The maximum Gasteiger partial charge on any atom is 0.320 e. The summed E-state index contributed by atoms with van der Waals surface area (Å²) < 4.78 is 11.2. The number of aromatic nitrogens is 1. The molecule has 0 aliphatic heterocycles. The summed E-state index contributed by atoms with van der Waals surface area (Å²) in [4.78, 5) is 15.2. The van der Waals surface area contributed by atoms with Crippen LogP contribution in [-0.4, -0.2) is 29.2 Å². The molecule has 0 radical (unpaired) electrons. The topological polar surface area (TPSA) is 80.7 Å². The van der Waals surface area contributed by atoms with Crippen LogP contribution in [0.3, 0.4) is 0 Å². The van der Waals surface area contributed by atoms with Crippen molar-refractivity contribution in [2.24, 2.45) is 5.92 Å². The van der Waals surface area contributed by atoms with E-state index in [2.05, 4.69) is 10.3 Å². The lowest BCUT2D eigenvalue weighted by Gasteiger charge is -2.18. The zero-order valence-corrected chi connectivity index (χ0v) is 14.7. The second-order valence-electron chi connectivity index (χ2n) is 6.07. The fraction of sp³-hybridized carbons (Fsp3) is 0.368. The number of hydrogen-bond acceptors (Lipinski definition) is 5. The van der Waals surface area contributed by atoms with E-state index in [0.717, 1.165) is 11.1 Å². The van der Waals surface area contributed by atoms with Gasteiger partial charge in [-0.3, -0.25) is 9.78 Å². The van der Waals surface area contributed by atoms with Crippen molar-refractivity contribution >= 4 is 5.97 Å². The Morgan fingerprint density at radius 2 is 1.88 bits per heavy atom. The van der Waals surface area contributed by atoms with E-state index in [9.17, 15) is 9.90 Å². The molecule has 2 N–H and O–H groups in total. The predicted molar refractivity (Wildman–Crippen MR) is 94.7 cm³/mol. The Kier molecular flexibility index (Phi) is 6.77. The van der Waals surface area contributed by atoms with Crippen LogP contribution in [0.25, 0.3) is 0 Å². The first-order valence-corrected chi connectivity index (χ1v) is 8.16. The molecule has 25 heavy (non-hydrogen) atoms. The number of methoxy groups -OCH3 is 1. The first kappa shape index (κ1) is 18.7. The van der Waals surface area contributed by atoms with Gasteiger partial charge in [-0.25, -0.2) is 0 Å². The van der Waals surface area contributed by atoms with E-state index in [4.69, 9.17) is 9.47 Å². The van der Waals surface area contributed by atoms with Gasteiger partial charge in [-0.2, -0.15) is 0 Å². The van der Waals surface area contributed by atoms with E-state index in [-0.39, 0.29) is 5.92 Å². The van der Waals surface area contributed by atoms with Crippen molar-refractivity contribution in [3.63, 3.8) is 0 Å². The third kappa shape index (κ3) is 5.46. The highest BCUT2D eigenvalue weighted by atomic mass is 16.5. The molecule has 1 aromatic heterocycles. The van der Waals surface area contributed by atoms with Crippen molar-refractivity contribution < 1.29 is 19.4 Å². The van der Waals surface area contributed by atoms with Gasteiger partial charge in [0.25, 0.3) is 0 Å². The summed E-state index contributed by atoms with van der Waals surface area (Å²) in [5.41, 5.74) is 1.95. The number of ether oxygens (including phenoxy) is 2. The number of hydrogen-bond donors (Lipinski definition) is 2. The summed E-state index contributed by atoms with van der Waals surface area (Å²) in [6.45, 7) is 4.62. The average Bonchev–Trinajstić information content (AvgIpc) is 2.60. The van der Waals surface area contributed by atoms with Crippen LogP contribution in [0.15, 0.2) is 42.7 Å². The van der Waals surface area contributed by atoms with Gasteiger partial charge >= 0.3 is 5.97 Å². The molecule has 6 heteroatoms. The number of carboxylic acid groups (broad SMARTS) is 1. The molecule has 6 nitrogen and oxygen atoms in total. The third-order valence-electron chi connectivity index (χ3n) is 3.83. The minimum absolute atomic E-state index is 0.00219. The molecule has 0 saturated heterocycles. The highest BCUT2D eigenvalue weighted by Gasteiger charge is 2.20. The molecule has 2 rings (SSSR count). The van der Waals surface area contributed by atoms with Gasteiger partial charge in [-0.1, -0.05) is 19.9 Å². The largest absolute Gasteiger partial charge is 0.493 e. The summed E-state index contributed by atoms with van der Waals surface area (Å²) in [5.74, 6) is 0.410. The lowest BCUT2D eigenvalue weighted by molar-refractivity contribution is -0.140. The van der Waals surface area contributed by atoms with Gasteiger partial charge < -0.3 is 19.9 Å². The average molecular weight is 344 g/mol. The van der Waals surface area contributed by atoms with Crippen LogP contribution >= 0.6 is 0 Å². The lowest BCUT2D eigenvalue weighted by atomic mass is 10.0. The van der Waals surface area contributed by atoms with Crippen LogP contribution < -0.4 is 14.8 Å². The predicted octanol–water partition coefficient (Wildman–Crippen LogP) is 2.87. The molecular weight excluding hydrogens is 320 g/mol. The van der Waals surface area contributed by atoms with Crippen molar-refractivity contribution in [3.05, 3.63) is 53.9 Å². The number of nitrogens with one attached hydrogen (secondary N) is 1. The zero-order chi connectivity index (χ0) is 18.2. The Bertz CT molecular complexity index is 689.